The fourth-order valence-corrected chi connectivity index (χ4v) is 2.86. The number of amides is 1. The zero-order valence-electron chi connectivity index (χ0n) is 14.5. The first-order valence-electron chi connectivity index (χ1n) is 7.83. The minimum Gasteiger partial charge on any atom is -0.455 e. The highest BCUT2D eigenvalue weighted by Gasteiger charge is 2.20. The van der Waals surface area contributed by atoms with Crippen LogP contribution in [0.1, 0.15) is 16.7 Å². The lowest BCUT2D eigenvalue weighted by molar-refractivity contribution is -0.384. The molecule has 0 spiro atoms. The molecule has 0 aliphatic heterocycles. The second-order valence-electron chi connectivity index (χ2n) is 5.74. The first kappa shape index (κ1) is 20.7. The van der Waals surface area contributed by atoms with Gasteiger partial charge in [-0.3, -0.25) is 19.7 Å². The van der Waals surface area contributed by atoms with Crippen LogP contribution in [-0.2, 0) is 20.7 Å². The Bertz CT molecular complexity index is 895. The van der Waals surface area contributed by atoms with Crippen molar-refractivity contribution in [2.75, 3.05) is 11.9 Å². The third-order valence-corrected chi connectivity index (χ3v) is 4.63. The van der Waals surface area contributed by atoms with E-state index in [9.17, 15) is 19.7 Å². The van der Waals surface area contributed by atoms with E-state index in [1.165, 1.54) is 6.07 Å². The fourth-order valence-electron chi connectivity index (χ4n) is 2.33. The molecule has 1 N–H and O–H groups in total. The number of nitrogens with one attached hydrogen (secondary N) is 1. The number of carbonyl (C=O) groups excluding carboxylic acids is 2. The number of aryl methyl sites for hydroxylation is 1. The maximum atomic E-state index is 12.1. The zero-order chi connectivity index (χ0) is 20.1. The summed E-state index contributed by atoms with van der Waals surface area (Å²) < 4.78 is 4.92. The smallest absolute Gasteiger partial charge is 0.310 e. The molecule has 0 fully saturated rings. The monoisotopic (exact) mass is 410 g/mol. The van der Waals surface area contributed by atoms with Crippen molar-refractivity contribution in [2.24, 2.45) is 0 Å². The van der Waals surface area contributed by atoms with E-state index in [-0.39, 0.29) is 17.8 Å². The number of anilines is 1. The molecule has 0 saturated heterocycles. The number of nitro benzene ring substituents is 1. The molecular formula is C18H16Cl2N2O5. The van der Waals surface area contributed by atoms with Crippen LogP contribution in [0.15, 0.2) is 30.3 Å². The van der Waals surface area contributed by atoms with Crippen molar-refractivity contribution >= 4 is 46.5 Å². The fraction of sp³-hybridized carbons (Fsp3) is 0.222. The molecule has 9 heteroatoms. The maximum absolute atomic E-state index is 12.1. The highest BCUT2D eigenvalue weighted by Crippen LogP contribution is 2.30. The average Bonchev–Trinajstić information content (AvgIpc) is 2.60. The summed E-state index contributed by atoms with van der Waals surface area (Å²) in [4.78, 5) is 34.6. The van der Waals surface area contributed by atoms with Crippen molar-refractivity contribution in [2.45, 2.75) is 20.3 Å². The molecule has 0 aliphatic carbocycles. The van der Waals surface area contributed by atoms with Gasteiger partial charge in [0, 0.05) is 21.7 Å². The van der Waals surface area contributed by atoms with E-state index in [0.717, 1.165) is 5.56 Å². The number of nitrogens with zero attached hydrogens (tertiary/aromatic N) is 1. The quantitative estimate of drug-likeness (QED) is 0.436. The molecule has 0 aliphatic rings. The molecule has 7 nitrogen and oxygen atoms in total. The van der Waals surface area contributed by atoms with Gasteiger partial charge >= 0.3 is 5.97 Å². The van der Waals surface area contributed by atoms with Crippen molar-refractivity contribution in [3.63, 3.8) is 0 Å². The summed E-state index contributed by atoms with van der Waals surface area (Å²) in [5.41, 5.74) is 1.58. The Morgan fingerprint density at radius 1 is 1.15 bits per heavy atom. The summed E-state index contributed by atoms with van der Waals surface area (Å²) in [7, 11) is 0. The summed E-state index contributed by atoms with van der Waals surface area (Å²) in [5.74, 6) is -1.39. The third-order valence-electron chi connectivity index (χ3n) is 3.92. The van der Waals surface area contributed by atoms with Crippen LogP contribution in [0.2, 0.25) is 10.0 Å². The molecule has 142 valence electrons. The van der Waals surface area contributed by atoms with Gasteiger partial charge in [0.2, 0.25) is 0 Å². The van der Waals surface area contributed by atoms with Crippen molar-refractivity contribution in [1.82, 2.24) is 0 Å². The van der Waals surface area contributed by atoms with Crippen LogP contribution in [0.5, 0.6) is 0 Å². The minimum atomic E-state index is -0.699. The summed E-state index contributed by atoms with van der Waals surface area (Å²) >= 11 is 12.0. The van der Waals surface area contributed by atoms with Gasteiger partial charge in [-0.25, -0.2) is 0 Å². The summed E-state index contributed by atoms with van der Waals surface area (Å²) in [6.07, 6.45) is -0.199. The summed E-state index contributed by atoms with van der Waals surface area (Å²) in [6.45, 7) is 2.83. The third kappa shape index (κ3) is 5.18. The van der Waals surface area contributed by atoms with Crippen LogP contribution in [0.3, 0.4) is 0 Å². The Morgan fingerprint density at radius 2 is 1.78 bits per heavy atom. The Kier molecular flexibility index (Phi) is 6.76. The lowest BCUT2D eigenvalue weighted by Gasteiger charge is -2.11. The van der Waals surface area contributed by atoms with Crippen LogP contribution in [0, 0.1) is 24.0 Å². The predicted octanol–water partition coefficient (Wildman–Crippen LogP) is 4.24. The molecule has 2 aromatic carbocycles. The number of esters is 1. The van der Waals surface area contributed by atoms with E-state index in [0.29, 0.717) is 21.2 Å². The first-order chi connectivity index (χ1) is 12.7. The molecule has 0 atom stereocenters. The number of ether oxygens (including phenoxy) is 1. The van der Waals surface area contributed by atoms with Gasteiger partial charge in [0.15, 0.2) is 6.61 Å². The van der Waals surface area contributed by atoms with Crippen molar-refractivity contribution in [1.29, 1.82) is 0 Å². The van der Waals surface area contributed by atoms with E-state index < -0.39 is 23.4 Å². The Morgan fingerprint density at radius 3 is 2.37 bits per heavy atom. The van der Waals surface area contributed by atoms with Crippen molar-refractivity contribution in [3.05, 3.63) is 67.2 Å². The largest absolute Gasteiger partial charge is 0.455 e. The van der Waals surface area contributed by atoms with Gasteiger partial charge in [-0.05, 0) is 37.1 Å². The first-order valence-corrected chi connectivity index (χ1v) is 8.59. The molecule has 0 unspecified atom stereocenters. The number of halogens is 2. The second kappa shape index (κ2) is 8.83. The van der Waals surface area contributed by atoms with Crippen molar-refractivity contribution < 1.29 is 19.2 Å². The van der Waals surface area contributed by atoms with Crippen LogP contribution in [0.4, 0.5) is 11.4 Å². The predicted molar refractivity (Wildman–Crippen MR) is 102 cm³/mol. The lowest BCUT2D eigenvalue weighted by Crippen LogP contribution is -2.22. The van der Waals surface area contributed by atoms with Gasteiger partial charge in [-0.2, -0.15) is 0 Å². The maximum Gasteiger partial charge on any atom is 0.310 e. The molecule has 0 saturated carbocycles. The number of nitro groups is 1. The minimum absolute atomic E-state index is 0.0789. The van der Waals surface area contributed by atoms with Crippen LogP contribution in [0.25, 0.3) is 0 Å². The SMILES string of the molecule is Cc1ccc([N+](=O)[O-])c(NC(=O)COC(=O)Cc2c(Cl)cccc2Cl)c1C. The highest BCUT2D eigenvalue weighted by molar-refractivity contribution is 6.36. The van der Waals surface area contributed by atoms with Crippen LogP contribution in [-0.4, -0.2) is 23.4 Å². The standard InChI is InChI=1S/C18H16Cl2N2O5/c1-10-6-7-15(22(25)26)18(11(10)2)21-16(23)9-27-17(24)8-12-13(19)4-3-5-14(12)20/h3-7H,8-9H2,1-2H3,(H,21,23). The van der Waals surface area contributed by atoms with Crippen LogP contribution >= 0.6 is 23.2 Å². The van der Waals surface area contributed by atoms with E-state index in [1.54, 1.807) is 38.1 Å². The zero-order valence-corrected chi connectivity index (χ0v) is 16.1. The lowest BCUT2D eigenvalue weighted by atomic mass is 10.1. The van der Waals surface area contributed by atoms with Gasteiger partial charge in [0.05, 0.1) is 11.3 Å². The van der Waals surface area contributed by atoms with Crippen molar-refractivity contribution in [3.8, 4) is 0 Å². The van der Waals surface area contributed by atoms with E-state index in [2.05, 4.69) is 5.32 Å². The van der Waals surface area contributed by atoms with Gasteiger partial charge in [0.25, 0.3) is 11.6 Å². The average molecular weight is 411 g/mol. The molecule has 2 rings (SSSR count). The topological polar surface area (TPSA) is 98.5 Å². The highest BCUT2D eigenvalue weighted by atomic mass is 35.5. The molecular weight excluding hydrogens is 395 g/mol. The number of hydrogen-bond donors (Lipinski definition) is 1. The molecule has 27 heavy (non-hydrogen) atoms. The molecule has 1 amide bonds. The summed E-state index contributed by atoms with van der Waals surface area (Å²) in [5, 5.41) is 14.2. The Labute approximate surface area is 165 Å². The van der Waals surface area contributed by atoms with E-state index in [4.69, 9.17) is 27.9 Å². The normalized spacial score (nSPS) is 10.4. The molecule has 0 aromatic heterocycles. The number of benzene rings is 2. The Balaban J connectivity index is 2.02. The molecule has 0 heterocycles. The Hall–Kier alpha value is -2.64. The number of carbonyl (C=O) groups is 2. The van der Waals surface area contributed by atoms with E-state index in [1.807, 2.05) is 0 Å². The van der Waals surface area contributed by atoms with Gasteiger partial charge in [0.1, 0.15) is 5.69 Å². The van der Waals surface area contributed by atoms with Gasteiger partial charge < -0.3 is 10.1 Å². The summed E-state index contributed by atoms with van der Waals surface area (Å²) in [6, 6.07) is 7.72. The molecule has 0 bridgehead atoms. The molecule has 2 aromatic rings. The number of rotatable bonds is 6. The van der Waals surface area contributed by atoms with Gasteiger partial charge in [-0.1, -0.05) is 35.3 Å². The van der Waals surface area contributed by atoms with Gasteiger partial charge in [-0.15, -0.1) is 0 Å². The van der Waals surface area contributed by atoms with Crippen LogP contribution < -0.4 is 5.32 Å². The van der Waals surface area contributed by atoms with E-state index >= 15 is 0 Å². The number of hydrogen-bond acceptors (Lipinski definition) is 5. The second-order valence-corrected chi connectivity index (χ2v) is 6.56. The molecule has 0 radical (unpaired) electrons.